The minimum Gasteiger partial charge on any atom is -0.478 e. The van der Waals surface area contributed by atoms with Crippen LogP contribution >= 0.6 is 11.3 Å². The van der Waals surface area contributed by atoms with Crippen molar-refractivity contribution in [2.75, 3.05) is 5.73 Å². The number of carbonyl (C=O) groups is 1. The van der Waals surface area contributed by atoms with Gasteiger partial charge in [0.05, 0.1) is 17.7 Å². The van der Waals surface area contributed by atoms with Gasteiger partial charge >= 0.3 is 10.8 Å². The van der Waals surface area contributed by atoms with Crippen LogP contribution in [0.4, 0.5) is 5.95 Å². The number of aromatic carboxylic acids is 1. The molecule has 4 rings (SSSR count). The first-order chi connectivity index (χ1) is 13.3. The van der Waals surface area contributed by atoms with Gasteiger partial charge in [0.15, 0.2) is 11.9 Å². The zero-order valence-corrected chi connectivity index (χ0v) is 15.3. The molecule has 0 unspecified atom stereocenters. The second-order valence-corrected chi connectivity index (χ2v) is 7.52. The maximum atomic E-state index is 12.5. The van der Waals surface area contributed by atoms with Gasteiger partial charge < -0.3 is 21.3 Å². The van der Waals surface area contributed by atoms with Crippen LogP contribution in [0.25, 0.3) is 10.3 Å². The van der Waals surface area contributed by atoms with Gasteiger partial charge in [0.2, 0.25) is 5.95 Å². The average molecular weight is 403 g/mol. The lowest BCUT2D eigenvalue weighted by Crippen LogP contribution is -2.32. The molecule has 146 valence electrons. The molecule has 0 radical (unpaired) electrons. The highest BCUT2D eigenvalue weighted by molar-refractivity contribution is 7.16. The van der Waals surface area contributed by atoms with Crippen LogP contribution in [0.1, 0.15) is 28.6 Å². The topological polar surface area (TPSA) is 166 Å². The normalized spacial score (nSPS) is 22.0. The Morgan fingerprint density at radius 2 is 2.14 bits per heavy atom. The van der Waals surface area contributed by atoms with Gasteiger partial charge in [-0.1, -0.05) is 29.5 Å². The largest absolute Gasteiger partial charge is 0.478 e. The molecular weight excluding hydrogens is 386 g/mol. The summed E-state index contributed by atoms with van der Waals surface area (Å²) in [5.41, 5.74) is 12.3. The van der Waals surface area contributed by atoms with Gasteiger partial charge in [0.25, 0.3) is 5.56 Å². The van der Waals surface area contributed by atoms with Gasteiger partial charge in [-0.25, -0.2) is 4.79 Å². The first-order valence-electron chi connectivity index (χ1n) is 8.48. The fraction of sp³-hybridized carbons (Fsp3) is 0.294. The molecule has 1 saturated heterocycles. The lowest BCUT2D eigenvalue weighted by Gasteiger charge is -2.17. The Balaban J connectivity index is 1.67. The van der Waals surface area contributed by atoms with E-state index in [1.807, 2.05) is 0 Å². The second kappa shape index (κ2) is 6.86. The van der Waals surface area contributed by atoms with Crippen molar-refractivity contribution >= 4 is 33.6 Å². The fourth-order valence-electron chi connectivity index (χ4n) is 3.48. The number of aromatic amines is 1. The number of anilines is 1. The number of nitrogen functional groups attached to an aromatic ring is 1. The van der Waals surface area contributed by atoms with Gasteiger partial charge in [-0.15, -0.1) is 0 Å². The number of nitrogens with one attached hydrogen (secondary N) is 1. The number of H-pyrrole nitrogens is 1. The van der Waals surface area contributed by atoms with Crippen LogP contribution in [0.2, 0.25) is 0 Å². The lowest BCUT2D eigenvalue weighted by atomic mass is 9.99. The number of rotatable bonds is 4. The van der Waals surface area contributed by atoms with Crippen molar-refractivity contribution in [2.45, 2.75) is 31.2 Å². The Hall–Kier alpha value is -3.02. The van der Waals surface area contributed by atoms with E-state index in [-0.39, 0.29) is 28.0 Å². The van der Waals surface area contributed by atoms with Crippen LogP contribution in [0, 0.1) is 0 Å². The predicted molar refractivity (Wildman–Crippen MR) is 103 cm³/mol. The first-order valence-corrected chi connectivity index (χ1v) is 9.30. The van der Waals surface area contributed by atoms with Crippen molar-refractivity contribution in [3.8, 4) is 0 Å². The van der Waals surface area contributed by atoms with Crippen LogP contribution in [0.5, 0.6) is 0 Å². The number of carboxylic acids is 1. The summed E-state index contributed by atoms with van der Waals surface area (Å²) in [7, 11) is 0. The summed E-state index contributed by atoms with van der Waals surface area (Å²) in [6.07, 6.45) is -0.459. The van der Waals surface area contributed by atoms with Crippen LogP contribution in [0.3, 0.4) is 0 Å². The van der Waals surface area contributed by atoms with E-state index >= 15 is 0 Å². The van der Waals surface area contributed by atoms with Crippen LogP contribution in [0.15, 0.2) is 33.9 Å². The SMILES string of the molecule is Nc1nc2c(sc(=O)n2[C@@H]2O[C@@H](Cc3ccccc3C(=O)O)C[C@H]2N)c(=O)[nH]1. The van der Waals surface area contributed by atoms with Gasteiger partial charge in [-0.05, 0) is 24.5 Å². The zero-order chi connectivity index (χ0) is 20.0. The quantitative estimate of drug-likeness (QED) is 0.482. The van der Waals surface area contributed by atoms with Gasteiger partial charge in [0, 0.05) is 0 Å². The Kier molecular flexibility index (Phi) is 4.49. The van der Waals surface area contributed by atoms with E-state index in [1.165, 1.54) is 10.6 Å². The maximum Gasteiger partial charge on any atom is 0.335 e. The standard InChI is InChI=1S/C17H17N5O5S/c18-10-6-8(5-7-3-1-2-4-9(7)15(24)25)27-14(10)22-12-11(28-17(22)26)13(23)21-16(19)20-12/h1-4,8,10,14H,5-6,18H2,(H,24,25)(H3,19,20,21,23)/t8-,10+,14+/m0/s1. The molecule has 0 amide bonds. The van der Waals surface area contributed by atoms with Gasteiger partial charge in [-0.3, -0.25) is 19.1 Å². The monoisotopic (exact) mass is 403 g/mol. The third kappa shape index (κ3) is 3.09. The Morgan fingerprint density at radius 3 is 2.89 bits per heavy atom. The van der Waals surface area contributed by atoms with E-state index < -0.39 is 28.7 Å². The number of nitrogens with zero attached hydrogens (tertiary/aromatic N) is 2. The molecule has 1 aromatic carbocycles. The van der Waals surface area contributed by atoms with E-state index in [4.69, 9.17) is 16.2 Å². The number of aromatic nitrogens is 3. The second-order valence-electron chi connectivity index (χ2n) is 6.56. The zero-order valence-electron chi connectivity index (χ0n) is 14.5. The number of nitrogens with two attached hydrogens (primary N) is 2. The molecule has 0 bridgehead atoms. The Morgan fingerprint density at radius 1 is 1.39 bits per heavy atom. The minimum atomic E-state index is -1.02. The number of ether oxygens (including phenoxy) is 1. The van der Waals surface area contributed by atoms with E-state index in [2.05, 4.69) is 9.97 Å². The van der Waals surface area contributed by atoms with Crippen LogP contribution in [-0.2, 0) is 11.2 Å². The summed E-state index contributed by atoms with van der Waals surface area (Å²) >= 11 is 0.747. The van der Waals surface area contributed by atoms with Gasteiger partial charge in [-0.2, -0.15) is 4.98 Å². The smallest absolute Gasteiger partial charge is 0.335 e. The van der Waals surface area contributed by atoms with Crippen molar-refractivity contribution in [3.05, 3.63) is 55.4 Å². The highest BCUT2D eigenvalue weighted by Gasteiger charge is 2.37. The molecule has 3 heterocycles. The molecule has 1 fully saturated rings. The highest BCUT2D eigenvalue weighted by atomic mass is 32.1. The molecular formula is C17H17N5O5S. The number of fused-ring (bicyclic) bond motifs is 1. The Bertz CT molecular complexity index is 1180. The summed E-state index contributed by atoms with van der Waals surface area (Å²) in [6.45, 7) is 0. The van der Waals surface area contributed by atoms with Crippen molar-refractivity contribution in [2.24, 2.45) is 5.73 Å². The maximum absolute atomic E-state index is 12.5. The molecule has 2 aromatic heterocycles. The summed E-state index contributed by atoms with van der Waals surface area (Å²) < 4.78 is 7.38. The molecule has 6 N–H and O–H groups in total. The summed E-state index contributed by atoms with van der Waals surface area (Å²) in [6, 6.07) is 6.13. The number of hydrogen-bond donors (Lipinski definition) is 4. The van der Waals surface area contributed by atoms with Gasteiger partial charge in [0.1, 0.15) is 4.70 Å². The van der Waals surface area contributed by atoms with Crippen molar-refractivity contribution in [3.63, 3.8) is 0 Å². The summed E-state index contributed by atoms with van der Waals surface area (Å²) in [5, 5.41) is 9.34. The number of carboxylic acid groups (broad SMARTS) is 1. The molecule has 10 nitrogen and oxygen atoms in total. The van der Waals surface area contributed by atoms with Crippen molar-refractivity contribution < 1.29 is 14.6 Å². The van der Waals surface area contributed by atoms with Crippen molar-refractivity contribution in [1.29, 1.82) is 0 Å². The lowest BCUT2D eigenvalue weighted by molar-refractivity contribution is -0.000894. The molecule has 3 atom stereocenters. The molecule has 11 heteroatoms. The molecule has 0 spiro atoms. The number of thiazole rings is 1. The first kappa shape index (κ1) is 18.3. The van der Waals surface area contributed by atoms with Crippen molar-refractivity contribution in [1.82, 2.24) is 14.5 Å². The van der Waals surface area contributed by atoms with E-state index in [0.29, 0.717) is 18.4 Å². The van der Waals surface area contributed by atoms with E-state index in [9.17, 15) is 19.5 Å². The molecule has 1 aliphatic rings. The molecule has 28 heavy (non-hydrogen) atoms. The number of hydrogen-bond acceptors (Lipinski definition) is 8. The Labute approximate surface area is 161 Å². The van der Waals surface area contributed by atoms with Crippen LogP contribution < -0.4 is 21.9 Å². The molecule has 3 aromatic rings. The van der Waals surface area contributed by atoms with Crippen LogP contribution in [-0.4, -0.2) is 37.8 Å². The minimum absolute atomic E-state index is 0.109. The molecule has 0 aliphatic carbocycles. The average Bonchev–Trinajstić information content (AvgIpc) is 3.14. The van der Waals surface area contributed by atoms with E-state index in [1.54, 1.807) is 18.2 Å². The van der Waals surface area contributed by atoms with E-state index in [0.717, 1.165) is 11.3 Å². The molecule has 1 aliphatic heterocycles. The summed E-state index contributed by atoms with van der Waals surface area (Å²) in [5.74, 6) is -1.13. The third-order valence-electron chi connectivity index (χ3n) is 4.67. The molecule has 0 saturated carbocycles. The highest BCUT2D eigenvalue weighted by Crippen LogP contribution is 2.31. The third-order valence-corrected chi connectivity index (χ3v) is 5.62. The fourth-order valence-corrected chi connectivity index (χ4v) is 4.32. The number of benzene rings is 1. The predicted octanol–water partition coefficient (Wildman–Crippen LogP) is 0.284. The summed E-state index contributed by atoms with van der Waals surface area (Å²) in [4.78, 5) is 41.9.